The molecule has 1 N–H and O–H groups in total. The Morgan fingerprint density at radius 1 is 1.18 bits per heavy atom. The minimum atomic E-state index is -0.110. The van der Waals surface area contributed by atoms with Gasteiger partial charge in [0.05, 0.1) is 5.52 Å². The molecule has 0 atom stereocenters. The molecule has 1 aliphatic rings. The number of nitrogens with one attached hydrogen (secondary N) is 1. The molecule has 4 nitrogen and oxygen atoms in total. The Balaban J connectivity index is 1.86. The number of rotatable bonds is 4. The molecule has 2 heterocycles. The van der Waals surface area contributed by atoms with Gasteiger partial charge in [0.2, 0.25) is 0 Å². The highest BCUT2D eigenvalue weighted by molar-refractivity contribution is 5.87. The number of aromatic nitrogens is 1. The molecule has 0 aliphatic carbocycles. The summed E-state index contributed by atoms with van der Waals surface area (Å²) in [5.74, 6) is -0.110. The molecule has 1 fully saturated rings. The van der Waals surface area contributed by atoms with Crippen LogP contribution < -0.4 is 4.90 Å². The van der Waals surface area contributed by atoms with E-state index in [-0.39, 0.29) is 5.82 Å². The number of benzene rings is 1. The molecule has 120 valence electrons. The van der Waals surface area contributed by atoms with Crippen molar-refractivity contribution in [3.63, 3.8) is 0 Å². The Labute approximate surface area is 131 Å². The Bertz CT molecular complexity index is 641. The van der Waals surface area contributed by atoms with Crippen molar-refractivity contribution in [1.29, 1.82) is 0 Å². The summed E-state index contributed by atoms with van der Waals surface area (Å²) in [7, 11) is 6.20. The molecular weight excluding hydrogens is 279 g/mol. The number of nitrogens with zero attached hydrogens (tertiary/aromatic N) is 3. The van der Waals surface area contributed by atoms with Crippen molar-refractivity contribution >= 4 is 16.6 Å². The average Bonchev–Trinajstić information content (AvgIpc) is 2.89. The van der Waals surface area contributed by atoms with E-state index in [1.165, 1.54) is 0 Å². The SMILES string of the molecule is CN(C)CCc1c[nH]c2cc(N3CCN(C)CC3)cc(F)c12. The number of hydrogen-bond donors (Lipinski definition) is 1. The van der Waals surface area contributed by atoms with Crippen LogP contribution in [0.2, 0.25) is 0 Å². The van der Waals surface area contributed by atoms with Crippen LogP contribution in [0.3, 0.4) is 0 Å². The van der Waals surface area contributed by atoms with Gasteiger partial charge in [0, 0.05) is 50.0 Å². The van der Waals surface area contributed by atoms with E-state index in [1.807, 2.05) is 20.3 Å². The van der Waals surface area contributed by atoms with E-state index in [2.05, 4.69) is 32.8 Å². The van der Waals surface area contributed by atoms with Gasteiger partial charge in [-0.05, 0) is 45.3 Å². The molecule has 0 spiro atoms. The van der Waals surface area contributed by atoms with E-state index >= 15 is 0 Å². The molecule has 1 aromatic carbocycles. The number of H-pyrrole nitrogens is 1. The summed E-state index contributed by atoms with van der Waals surface area (Å²) in [6, 6.07) is 3.78. The highest BCUT2D eigenvalue weighted by Gasteiger charge is 2.17. The number of likely N-dealkylation sites (N-methyl/N-ethyl adjacent to an activating group) is 2. The van der Waals surface area contributed by atoms with Gasteiger partial charge in [-0.2, -0.15) is 0 Å². The zero-order valence-corrected chi connectivity index (χ0v) is 13.7. The third-order valence-electron chi connectivity index (χ3n) is 4.49. The number of anilines is 1. The summed E-state index contributed by atoms with van der Waals surface area (Å²) in [6.07, 6.45) is 2.81. The average molecular weight is 304 g/mol. The molecule has 2 aromatic rings. The van der Waals surface area contributed by atoms with Gasteiger partial charge in [-0.15, -0.1) is 0 Å². The van der Waals surface area contributed by atoms with Gasteiger partial charge in [0.15, 0.2) is 0 Å². The van der Waals surface area contributed by atoms with Gasteiger partial charge in [-0.3, -0.25) is 0 Å². The van der Waals surface area contributed by atoms with Crippen LogP contribution in [-0.2, 0) is 6.42 Å². The van der Waals surface area contributed by atoms with Crippen LogP contribution in [0.1, 0.15) is 5.56 Å². The first-order chi connectivity index (χ1) is 10.5. The van der Waals surface area contributed by atoms with E-state index in [4.69, 9.17) is 0 Å². The number of fused-ring (bicyclic) bond motifs is 1. The number of aromatic amines is 1. The van der Waals surface area contributed by atoms with Gasteiger partial charge >= 0.3 is 0 Å². The minimum Gasteiger partial charge on any atom is -0.369 e. The Morgan fingerprint density at radius 3 is 2.59 bits per heavy atom. The predicted molar refractivity (Wildman–Crippen MR) is 90.2 cm³/mol. The van der Waals surface area contributed by atoms with E-state index in [0.29, 0.717) is 0 Å². The zero-order valence-electron chi connectivity index (χ0n) is 13.7. The first-order valence-electron chi connectivity index (χ1n) is 7.92. The fourth-order valence-corrected chi connectivity index (χ4v) is 3.06. The first-order valence-corrected chi connectivity index (χ1v) is 7.92. The van der Waals surface area contributed by atoms with Crippen molar-refractivity contribution in [2.24, 2.45) is 0 Å². The highest BCUT2D eigenvalue weighted by atomic mass is 19.1. The second-order valence-electron chi connectivity index (χ2n) is 6.51. The topological polar surface area (TPSA) is 25.5 Å². The molecular formula is C17H25FN4. The van der Waals surface area contributed by atoms with Crippen LogP contribution in [0, 0.1) is 5.82 Å². The van der Waals surface area contributed by atoms with Crippen molar-refractivity contribution in [2.45, 2.75) is 6.42 Å². The lowest BCUT2D eigenvalue weighted by Crippen LogP contribution is -2.44. The Kier molecular flexibility index (Phi) is 4.36. The maximum absolute atomic E-state index is 14.6. The third-order valence-corrected chi connectivity index (χ3v) is 4.49. The molecule has 5 heteroatoms. The summed E-state index contributed by atoms with van der Waals surface area (Å²) in [5, 5.41) is 0.750. The van der Waals surface area contributed by atoms with E-state index in [1.54, 1.807) is 6.07 Å². The molecule has 3 rings (SSSR count). The van der Waals surface area contributed by atoms with Crippen molar-refractivity contribution in [3.8, 4) is 0 Å². The van der Waals surface area contributed by atoms with Crippen LogP contribution >= 0.6 is 0 Å². The van der Waals surface area contributed by atoms with Crippen LogP contribution in [0.4, 0.5) is 10.1 Å². The van der Waals surface area contributed by atoms with Gasteiger partial charge in [0.1, 0.15) is 5.82 Å². The van der Waals surface area contributed by atoms with E-state index < -0.39 is 0 Å². The fraction of sp³-hybridized carbons (Fsp3) is 0.529. The van der Waals surface area contributed by atoms with Crippen LogP contribution in [-0.4, -0.2) is 68.7 Å². The molecule has 0 unspecified atom stereocenters. The van der Waals surface area contributed by atoms with Gasteiger partial charge in [-0.25, -0.2) is 4.39 Å². The molecule has 1 aromatic heterocycles. The van der Waals surface area contributed by atoms with Crippen LogP contribution in [0.15, 0.2) is 18.3 Å². The van der Waals surface area contributed by atoms with Crippen LogP contribution in [0.25, 0.3) is 10.9 Å². The minimum absolute atomic E-state index is 0.110. The second kappa shape index (κ2) is 6.26. The van der Waals surface area contributed by atoms with Crippen molar-refractivity contribution < 1.29 is 4.39 Å². The van der Waals surface area contributed by atoms with Gasteiger partial charge in [0.25, 0.3) is 0 Å². The molecule has 1 saturated heterocycles. The lowest BCUT2D eigenvalue weighted by Gasteiger charge is -2.34. The first kappa shape index (κ1) is 15.3. The Morgan fingerprint density at radius 2 is 1.91 bits per heavy atom. The number of piperazine rings is 1. The van der Waals surface area contributed by atoms with Gasteiger partial charge < -0.3 is 19.7 Å². The van der Waals surface area contributed by atoms with Crippen molar-refractivity contribution in [3.05, 3.63) is 29.7 Å². The molecule has 22 heavy (non-hydrogen) atoms. The summed E-state index contributed by atoms with van der Waals surface area (Å²) in [4.78, 5) is 9.94. The number of hydrogen-bond acceptors (Lipinski definition) is 3. The summed E-state index contributed by atoms with van der Waals surface area (Å²) in [5.41, 5.74) is 2.95. The number of halogens is 1. The smallest absolute Gasteiger partial charge is 0.134 e. The lowest BCUT2D eigenvalue weighted by molar-refractivity contribution is 0.313. The summed E-state index contributed by atoms with van der Waals surface area (Å²) >= 11 is 0. The molecule has 1 aliphatic heterocycles. The molecule has 0 amide bonds. The maximum atomic E-state index is 14.6. The largest absolute Gasteiger partial charge is 0.369 e. The maximum Gasteiger partial charge on any atom is 0.134 e. The van der Waals surface area contributed by atoms with Crippen molar-refractivity contribution in [1.82, 2.24) is 14.8 Å². The van der Waals surface area contributed by atoms with Crippen LogP contribution in [0.5, 0.6) is 0 Å². The highest BCUT2D eigenvalue weighted by Crippen LogP contribution is 2.28. The molecule has 0 radical (unpaired) electrons. The normalized spacial score (nSPS) is 16.9. The summed E-state index contributed by atoms with van der Waals surface area (Å²) in [6.45, 7) is 4.88. The molecule has 0 saturated carbocycles. The van der Waals surface area contributed by atoms with E-state index in [0.717, 1.165) is 61.3 Å². The lowest BCUT2D eigenvalue weighted by atomic mass is 10.1. The third kappa shape index (κ3) is 3.10. The van der Waals surface area contributed by atoms with Gasteiger partial charge in [-0.1, -0.05) is 0 Å². The standard InChI is InChI=1S/C17H25FN4/c1-20(2)5-4-13-12-19-16-11-14(10-15(18)17(13)16)22-8-6-21(3)7-9-22/h10-12,19H,4-9H2,1-3H3. The Hall–Kier alpha value is -1.59. The van der Waals surface area contributed by atoms with Crippen molar-refractivity contribution in [2.75, 3.05) is 58.8 Å². The summed E-state index contributed by atoms with van der Waals surface area (Å²) < 4.78 is 14.6. The van der Waals surface area contributed by atoms with E-state index in [9.17, 15) is 4.39 Å². The monoisotopic (exact) mass is 304 g/mol. The fourth-order valence-electron chi connectivity index (χ4n) is 3.06. The molecule has 0 bridgehead atoms. The predicted octanol–water partition coefficient (Wildman–Crippen LogP) is 2.16. The quantitative estimate of drug-likeness (QED) is 0.937. The second-order valence-corrected chi connectivity index (χ2v) is 6.51. The zero-order chi connectivity index (χ0) is 15.7.